The van der Waals surface area contributed by atoms with Gasteiger partial charge in [-0.2, -0.15) is 0 Å². The zero-order chi connectivity index (χ0) is 8.10. The summed E-state index contributed by atoms with van der Waals surface area (Å²) in [7, 11) is 0. The van der Waals surface area contributed by atoms with Gasteiger partial charge in [-0.1, -0.05) is 18.1 Å². The van der Waals surface area contributed by atoms with Crippen LogP contribution in [-0.2, 0) is 0 Å². The fraction of sp³-hybridized carbons (Fsp3) is 0.800. The van der Waals surface area contributed by atoms with Crippen molar-refractivity contribution in [3.8, 4) is 0 Å². The smallest absolute Gasteiger partial charge is 0.00115 e. The van der Waals surface area contributed by atoms with Crippen molar-refractivity contribution in [1.82, 2.24) is 5.32 Å². The van der Waals surface area contributed by atoms with Crippen LogP contribution >= 0.6 is 0 Å². The van der Waals surface area contributed by atoms with E-state index in [0.29, 0.717) is 0 Å². The number of allylic oxidation sites excluding steroid dienone is 1. The van der Waals surface area contributed by atoms with E-state index in [1.165, 1.54) is 38.8 Å². The van der Waals surface area contributed by atoms with Gasteiger partial charge < -0.3 is 5.32 Å². The van der Waals surface area contributed by atoms with E-state index in [1.54, 1.807) is 11.1 Å². The molecule has 1 saturated heterocycles. The van der Waals surface area contributed by atoms with Crippen LogP contribution in [0.2, 0.25) is 0 Å². The Bertz CT molecular complexity index is 137. The molecule has 1 rings (SSSR count). The van der Waals surface area contributed by atoms with E-state index < -0.39 is 0 Å². The summed E-state index contributed by atoms with van der Waals surface area (Å²) in [6.45, 7) is 6.93. The zero-order valence-electron chi connectivity index (χ0n) is 7.74. The molecule has 0 atom stereocenters. The first-order valence-corrected chi connectivity index (χ1v) is 4.72. The predicted octanol–water partition coefficient (Wildman–Crippen LogP) is 2.49. The van der Waals surface area contributed by atoms with Crippen molar-refractivity contribution in [3.05, 3.63) is 11.1 Å². The average Bonchev–Trinajstić information content (AvgIpc) is 2.30. The molecular formula is C10H19N. The third-order valence-electron chi connectivity index (χ3n) is 2.57. The maximum absolute atomic E-state index is 3.42. The second-order valence-corrected chi connectivity index (χ2v) is 3.34. The number of hydrogen-bond donors (Lipinski definition) is 1. The van der Waals surface area contributed by atoms with Crippen molar-refractivity contribution in [2.24, 2.45) is 0 Å². The van der Waals surface area contributed by atoms with E-state index in [1.807, 2.05) is 0 Å². The van der Waals surface area contributed by atoms with E-state index in [4.69, 9.17) is 0 Å². The number of nitrogens with one attached hydrogen (secondary N) is 1. The third-order valence-corrected chi connectivity index (χ3v) is 2.57. The lowest BCUT2D eigenvalue weighted by Crippen LogP contribution is -2.13. The minimum atomic E-state index is 1.19. The van der Waals surface area contributed by atoms with Gasteiger partial charge in [0.15, 0.2) is 0 Å². The van der Waals surface area contributed by atoms with Crippen molar-refractivity contribution in [1.29, 1.82) is 0 Å². The van der Waals surface area contributed by atoms with Gasteiger partial charge in [-0.3, -0.25) is 0 Å². The summed E-state index contributed by atoms with van der Waals surface area (Å²) < 4.78 is 0. The van der Waals surface area contributed by atoms with Crippen molar-refractivity contribution >= 4 is 0 Å². The molecule has 0 radical (unpaired) electrons. The van der Waals surface area contributed by atoms with Gasteiger partial charge in [0.05, 0.1) is 0 Å². The lowest BCUT2D eigenvalue weighted by Gasteiger charge is -2.06. The standard InChI is InChI=1S/C10H19N/c1-3-9(2)10-5-4-7-11-8-6-10/h11H,3-8H2,1-2H3. The summed E-state index contributed by atoms with van der Waals surface area (Å²) in [6, 6.07) is 0. The SMILES string of the molecule is CCC(C)=C1CCCNCC1. The van der Waals surface area contributed by atoms with Gasteiger partial charge in [0.1, 0.15) is 0 Å². The van der Waals surface area contributed by atoms with Gasteiger partial charge in [-0.15, -0.1) is 0 Å². The predicted molar refractivity (Wildman–Crippen MR) is 49.7 cm³/mol. The van der Waals surface area contributed by atoms with E-state index in [0.717, 1.165) is 0 Å². The van der Waals surface area contributed by atoms with Crippen LogP contribution in [0.25, 0.3) is 0 Å². The summed E-state index contributed by atoms with van der Waals surface area (Å²) in [5.41, 5.74) is 3.33. The van der Waals surface area contributed by atoms with Crippen LogP contribution in [0.15, 0.2) is 11.1 Å². The molecule has 1 aliphatic heterocycles. The maximum Gasteiger partial charge on any atom is -0.00115 e. The molecule has 1 heteroatoms. The monoisotopic (exact) mass is 153 g/mol. The second-order valence-electron chi connectivity index (χ2n) is 3.34. The molecule has 0 aromatic carbocycles. The molecule has 1 heterocycles. The molecule has 0 saturated carbocycles. The first-order chi connectivity index (χ1) is 5.34. The first kappa shape index (κ1) is 8.79. The Kier molecular flexibility index (Phi) is 3.64. The van der Waals surface area contributed by atoms with Crippen LogP contribution in [0.3, 0.4) is 0 Å². The highest BCUT2D eigenvalue weighted by molar-refractivity contribution is 5.12. The Morgan fingerprint density at radius 1 is 1.36 bits per heavy atom. The highest BCUT2D eigenvalue weighted by Gasteiger charge is 2.04. The van der Waals surface area contributed by atoms with Crippen LogP contribution in [-0.4, -0.2) is 13.1 Å². The van der Waals surface area contributed by atoms with Crippen LogP contribution < -0.4 is 5.32 Å². The molecule has 0 aromatic heterocycles. The largest absolute Gasteiger partial charge is 0.316 e. The summed E-state index contributed by atoms with van der Waals surface area (Å²) in [5.74, 6) is 0. The molecule has 1 nitrogen and oxygen atoms in total. The Morgan fingerprint density at radius 3 is 2.91 bits per heavy atom. The van der Waals surface area contributed by atoms with Crippen molar-refractivity contribution in [3.63, 3.8) is 0 Å². The van der Waals surface area contributed by atoms with Crippen molar-refractivity contribution in [2.45, 2.75) is 39.5 Å². The third kappa shape index (κ3) is 2.66. The van der Waals surface area contributed by atoms with Gasteiger partial charge in [-0.05, 0) is 45.7 Å². The Labute approximate surface area is 69.9 Å². The first-order valence-electron chi connectivity index (χ1n) is 4.72. The molecule has 64 valence electrons. The molecular weight excluding hydrogens is 134 g/mol. The molecule has 0 aliphatic carbocycles. The van der Waals surface area contributed by atoms with Crippen molar-refractivity contribution in [2.75, 3.05) is 13.1 Å². The average molecular weight is 153 g/mol. The van der Waals surface area contributed by atoms with Crippen LogP contribution in [0.4, 0.5) is 0 Å². The molecule has 0 aromatic rings. The summed E-state index contributed by atoms with van der Waals surface area (Å²) in [5, 5.41) is 3.42. The van der Waals surface area contributed by atoms with Gasteiger partial charge in [0.2, 0.25) is 0 Å². The van der Waals surface area contributed by atoms with E-state index in [-0.39, 0.29) is 0 Å². The van der Waals surface area contributed by atoms with Crippen LogP contribution in [0, 0.1) is 0 Å². The van der Waals surface area contributed by atoms with Crippen LogP contribution in [0.1, 0.15) is 39.5 Å². The normalized spacial score (nSPS) is 24.5. The Hall–Kier alpha value is -0.300. The Balaban J connectivity index is 2.54. The van der Waals surface area contributed by atoms with Gasteiger partial charge in [0.25, 0.3) is 0 Å². The van der Waals surface area contributed by atoms with Gasteiger partial charge in [0, 0.05) is 0 Å². The van der Waals surface area contributed by atoms with Gasteiger partial charge in [-0.25, -0.2) is 0 Å². The number of rotatable bonds is 1. The van der Waals surface area contributed by atoms with Gasteiger partial charge >= 0.3 is 0 Å². The minimum Gasteiger partial charge on any atom is -0.316 e. The van der Waals surface area contributed by atoms with Crippen LogP contribution in [0.5, 0.6) is 0 Å². The Morgan fingerprint density at radius 2 is 2.18 bits per heavy atom. The molecule has 0 unspecified atom stereocenters. The minimum absolute atomic E-state index is 1.19. The fourth-order valence-corrected chi connectivity index (χ4v) is 1.59. The lowest BCUT2D eigenvalue weighted by atomic mass is 10.0. The molecule has 1 fully saturated rings. The zero-order valence-corrected chi connectivity index (χ0v) is 7.74. The quantitative estimate of drug-likeness (QED) is 0.571. The topological polar surface area (TPSA) is 12.0 Å². The van der Waals surface area contributed by atoms with E-state index in [9.17, 15) is 0 Å². The van der Waals surface area contributed by atoms with E-state index in [2.05, 4.69) is 19.2 Å². The molecule has 1 aliphatic rings. The molecule has 0 bridgehead atoms. The summed E-state index contributed by atoms with van der Waals surface area (Å²) >= 11 is 0. The summed E-state index contributed by atoms with van der Waals surface area (Å²) in [4.78, 5) is 0. The molecule has 0 spiro atoms. The molecule has 11 heavy (non-hydrogen) atoms. The fourth-order valence-electron chi connectivity index (χ4n) is 1.59. The maximum atomic E-state index is 3.42. The number of hydrogen-bond acceptors (Lipinski definition) is 1. The lowest BCUT2D eigenvalue weighted by molar-refractivity contribution is 0.703. The highest BCUT2D eigenvalue weighted by Crippen LogP contribution is 2.18. The van der Waals surface area contributed by atoms with Crippen molar-refractivity contribution < 1.29 is 0 Å². The molecule has 0 amide bonds. The van der Waals surface area contributed by atoms with E-state index >= 15 is 0 Å². The second kappa shape index (κ2) is 4.55. The molecule has 1 N–H and O–H groups in total. The highest BCUT2D eigenvalue weighted by atomic mass is 14.8. The summed E-state index contributed by atoms with van der Waals surface area (Å²) in [6.07, 6.45) is 5.16.